The highest BCUT2D eigenvalue weighted by Gasteiger charge is 2.14. The molecule has 6 nitrogen and oxygen atoms in total. The van der Waals surface area contributed by atoms with Gasteiger partial charge < -0.3 is 15.5 Å². The molecule has 0 saturated carbocycles. The lowest BCUT2D eigenvalue weighted by atomic mass is 10.2. The molecular formula is C14H13BrN4O2. The quantitative estimate of drug-likeness (QED) is 0.761. The topological polar surface area (TPSA) is 86.1 Å². The van der Waals surface area contributed by atoms with E-state index >= 15 is 0 Å². The van der Waals surface area contributed by atoms with Crippen molar-refractivity contribution in [3.63, 3.8) is 0 Å². The second-order valence-electron chi connectivity index (χ2n) is 4.63. The van der Waals surface area contributed by atoms with Gasteiger partial charge in [-0.2, -0.15) is 5.10 Å². The average molecular weight is 349 g/mol. The number of rotatable bonds is 3. The lowest BCUT2D eigenvalue weighted by Crippen LogP contribution is -2.22. The Labute approximate surface area is 129 Å². The van der Waals surface area contributed by atoms with Gasteiger partial charge in [-0.15, -0.1) is 0 Å². The van der Waals surface area contributed by atoms with Crippen LogP contribution in [0.25, 0.3) is 11.0 Å². The van der Waals surface area contributed by atoms with E-state index in [4.69, 9.17) is 10.2 Å². The summed E-state index contributed by atoms with van der Waals surface area (Å²) in [6.07, 6.45) is 1.63. The van der Waals surface area contributed by atoms with Crippen molar-refractivity contribution in [3.8, 4) is 0 Å². The smallest absolute Gasteiger partial charge is 0.287 e. The van der Waals surface area contributed by atoms with Crippen molar-refractivity contribution in [2.75, 3.05) is 5.73 Å². The Morgan fingerprint density at radius 3 is 3.00 bits per heavy atom. The Bertz CT molecular complexity index is 822. The van der Waals surface area contributed by atoms with Gasteiger partial charge in [0.05, 0.1) is 10.7 Å². The second-order valence-corrected chi connectivity index (χ2v) is 5.48. The lowest BCUT2D eigenvalue weighted by molar-refractivity contribution is 0.0925. The summed E-state index contributed by atoms with van der Waals surface area (Å²) in [4.78, 5) is 12.1. The molecule has 21 heavy (non-hydrogen) atoms. The average Bonchev–Trinajstić information content (AvgIpc) is 3.03. The number of aromatic nitrogens is 2. The fourth-order valence-electron chi connectivity index (χ4n) is 2.03. The molecule has 0 fully saturated rings. The summed E-state index contributed by atoms with van der Waals surface area (Å²) in [7, 11) is 1.75. The number of anilines is 1. The predicted octanol–water partition coefficient (Wildman–Crippen LogP) is 2.44. The number of carbonyl (C=O) groups is 1. The first-order valence-corrected chi connectivity index (χ1v) is 7.08. The van der Waals surface area contributed by atoms with E-state index in [9.17, 15) is 4.79 Å². The summed E-state index contributed by atoms with van der Waals surface area (Å²) in [5, 5.41) is 7.66. The molecule has 0 radical (unpaired) electrons. The molecule has 0 aliphatic heterocycles. The number of aryl methyl sites for hydroxylation is 1. The summed E-state index contributed by atoms with van der Waals surface area (Å²) >= 11 is 3.39. The Morgan fingerprint density at radius 1 is 1.52 bits per heavy atom. The maximum absolute atomic E-state index is 12.1. The number of halogens is 1. The number of nitrogens with one attached hydrogen (secondary N) is 1. The Morgan fingerprint density at radius 2 is 2.33 bits per heavy atom. The van der Waals surface area contributed by atoms with Gasteiger partial charge in [0.25, 0.3) is 5.91 Å². The van der Waals surface area contributed by atoms with E-state index in [0.717, 1.165) is 15.4 Å². The highest BCUT2D eigenvalue weighted by atomic mass is 79.9. The highest BCUT2D eigenvalue weighted by molar-refractivity contribution is 9.10. The summed E-state index contributed by atoms with van der Waals surface area (Å²) in [5.41, 5.74) is 7.25. The minimum Gasteiger partial charge on any atom is -0.450 e. The molecule has 0 spiro atoms. The van der Waals surface area contributed by atoms with Gasteiger partial charge in [-0.1, -0.05) is 12.1 Å². The molecule has 3 aromatic rings. The van der Waals surface area contributed by atoms with Gasteiger partial charge in [0, 0.05) is 24.5 Å². The van der Waals surface area contributed by atoms with Crippen LogP contribution in [0.2, 0.25) is 0 Å². The van der Waals surface area contributed by atoms with Gasteiger partial charge in [-0.25, -0.2) is 0 Å². The molecule has 0 saturated heterocycles. The van der Waals surface area contributed by atoms with Crippen LogP contribution in [0.3, 0.4) is 0 Å². The number of para-hydroxylation sites is 1. The van der Waals surface area contributed by atoms with Crippen LogP contribution in [0.4, 0.5) is 5.82 Å². The number of hydrogen-bond acceptors (Lipinski definition) is 4. The van der Waals surface area contributed by atoms with Gasteiger partial charge in [-0.05, 0) is 28.1 Å². The van der Waals surface area contributed by atoms with Gasteiger partial charge in [0.1, 0.15) is 11.4 Å². The van der Waals surface area contributed by atoms with Crippen molar-refractivity contribution in [1.29, 1.82) is 0 Å². The van der Waals surface area contributed by atoms with Crippen LogP contribution in [0.1, 0.15) is 16.1 Å². The van der Waals surface area contributed by atoms with Crippen LogP contribution in [-0.4, -0.2) is 15.7 Å². The molecule has 1 amide bonds. The number of nitrogen functional groups attached to an aromatic ring is 1. The van der Waals surface area contributed by atoms with Gasteiger partial charge >= 0.3 is 0 Å². The van der Waals surface area contributed by atoms with Crippen LogP contribution < -0.4 is 11.1 Å². The summed E-state index contributed by atoms with van der Waals surface area (Å²) < 4.78 is 7.94. The van der Waals surface area contributed by atoms with Crippen LogP contribution in [-0.2, 0) is 13.6 Å². The van der Waals surface area contributed by atoms with Crippen molar-refractivity contribution >= 4 is 38.6 Å². The van der Waals surface area contributed by atoms with E-state index in [-0.39, 0.29) is 11.7 Å². The molecular weight excluding hydrogens is 336 g/mol. The van der Waals surface area contributed by atoms with Crippen LogP contribution >= 0.6 is 15.9 Å². The molecule has 7 heteroatoms. The zero-order valence-corrected chi connectivity index (χ0v) is 12.8. The third kappa shape index (κ3) is 2.52. The molecule has 3 N–H and O–H groups in total. The SMILES string of the molecule is Cn1ncc(CNC(=O)c2cc3cccc(Br)c3o2)c1N. The van der Waals surface area contributed by atoms with E-state index < -0.39 is 0 Å². The van der Waals surface area contributed by atoms with E-state index in [1.807, 2.05) is 18.2 Å². The van der Waals surface area contributed by atoms with Gasteiger partial charge in [-0.3, -0.25) is 9.48 Å². The molecule has 0 aliphatic rings. The monoisotopic (exact) mass is 348 g/mol. The molecule has 0 bridgehead atoms. The van der Waals surface area contributed by atoms with Gasteiger partial charge in [0.15, 0.2) is 5.76 Å². The van der Waals surface area contributed by atoms with Crippen LogP contribution in [0, 0.1) is 0 Å². The standard InChI is InChI=1S/C14H13BrN4O2/c1-19-13(16)9(7-18-19)6-17-14(20)11-5-8-3-2-4-10(15)12(8)21-11/h2-5,7H,6,16H2,1H3,(H,17,20). The van der Waals surface area contributed by atoms with E-state index in [0.29, 0.717) is 17.9 Å². The fraction of sp³-hybridized carbons (Fsp3) is 0.143. The molecule has 108 valence electrons. The Hall–Kier alpha value is -2.28. The third-order valence-electron chi connectivity index (χ3n) is 3.22. The van der Waals surface area contributed by atoms with Crippen molar-refractivity contribution in [2.45, 2.75) is 6.54 Å². The number of furan rings is 1. The van der Waals surface area contributed by atoms with Crippen molar-refractivity contribution in [3.05, 3.63) is 46.3 Å². The van der Waals surface area contributed by atoms with E-state index in [1.165, 1.54) is 0 Å². The Kier molecular flexibility index (Phi) is 3.42. The normalized spacial score (nSPS) is 11.0. The summed E-state index contributed by atoms with van der Waals surface area (Å²) in [6.45, 7) is 0.302. The first-order valence-electron chi connectivity index (χ1n) is 6.29. The number of amides is 1. The van der Waals surface area contributed by atoms with Crippen molar-refractivity contribution in [1.82, 2.24) is 15.1 Å². The van der Waals surface area contributed by atoms with Gasteiger partial charge in [0.2, 0.25) is 0 Å². The zero-order valence-electron chi connectivity index (χ0n) is 11.3. The lowest BCUT2D eigenvalue weighted by Gasteiger charge is -2.02. The number of hydrogen-bond donors (Lipinski definition) is 2. The van der Waals surface area contributed by atoms with E-state index in [2.05, 4.69) is 26.3 Å². The Balaban J connectivity index is 1.78. The third-order valence-corrected chi connectivity index (χ3v) is 3.85. The first kappa shape index (κ1) is 13.7. The number of carbonyl (C=O) groups excluding carboxylic acids is 1. The van der Waals surface area contributed by atoms with Crippen LogP contribution in [0.15, 0.2) is 39.4 Å². The molecule has 3 rings (SSSR count). The molecule has 0 aliphatic carbocycles. The largest absolute Gasteiger partial charge is 0.450 e. The molecule has 0 atom stereocenters. The van der Waals surface area contributed by atoms with Crippen LogP contribution in [0.5, 0.6) is 0 Å². The number of nitrogens with zero attached hydrogens (tertiary/aromatic N) is 2. The first-order chi connectivity index (χ1) is 10.1. The minimum atomic E-state index is -0.290. The predicted molar refractivity (Wildman–Crippen MR) is 82.7 cm³/mol. The number of nitrogens with two attached hydrogens (primary N) is 1. The molecule has 1 aromatic carbocycles. The maximum Gasteiger partial charge on any atom is 0.287 e. The highest BCUT2D eigenvalue weighted by Crippen LogP contribution is 2.26. The van der Waals surface area contributed by atoms with Crippen molar-refractivity contribution in [2.24, 2.45) is 7.05 Å². The maximum atomic E-state index is 12.1. The summed E-state index contributed by atoms with van der Waals surface area (Å²) in [6, 6.07) is 7.35. The minimum absolute atomic E-state index is 0.263. The fourth-order valence-corrected chi connectivity index (χ4v) is 2.49. The van der Waals surface area contributed by atoms with Crippen molar-refractivity contribution < 1.29 is 9.21 Å². The number of benzene rings is 1. The number of fused-ring (bicyclic) bond motifs is 1. The molecule has 0 unspecified atom stereocenters. The van der Waals surface area contributed by atoms with E-state index in [1.54, 1.807) is 24.0 Å². The zero-order chi connectivity index (χ0) is 15.0. The summed E-state index contributed by atoms with van der Waals surface area (Å²) in [5.74, 6) is 0.503. The molecule has 2 aromatic heterocycles. The second kappa shape index (κ2) is 5.25. The molecule has 2 heterocycles.